The highest BCUT2D eigenvalue weighted by atomic mass is 15.1. The molecule has 1 heterocycles. The summed E-state index contributed by atoms with van der Waals surface area (Å²) in [6.45, 7) is 9.38. The lowest BCUT2D eigenvalue weighted by Gasteiger charge is -2.07. The van der Waals surface area contributed by atoms with Gasteiger partial charge in [-0.1, -0.05) is 162 Å². The first-order valence-electron chi connectivity index (χ1n) is 17.9. The van der Waals surface area contributed by atoms with Gasteiger partial charge in [0.2, 0.25) is 0 Å². The summed E-state index contributed by atoms with van der Waals surface area (Å²) < 4.78 is 5.22. The third kappa shape index (κ3) is 20.2. The van der Waals surface area contributed by atoms with Crippen LogP contribution < -0.4 is 4.57 Å². The van der Waals surface area contributed by atoms with Crippen LogP contribution in [-0.2, 0) is 19.5 Å². The number of nitrogens with zero attached hydrogens (tertiary/aromatic N) is 2. The van der Waals surface area contributed by atoms with E-state index < -0.39 is 0 Å². The lowest BCUT2D eigenvalue weighted by Crippen LogP contribution is -2.37. The van der Waals surface area contributed by atoms with Gasteiger partial charge in [0.25, 0.3) is 5.82 Å². The molecular formula is C36H71N2+. The summed E-state index contributed by atoms with van der Waals surface area (Å²) in [6.07, 6.45) is 44.4. The highest BCUT2D eigenvalue weighted by Gasteiger charge is 2.16. The van der Waals surface area contributed by atoms with Crippen molar-refractivity contribution in [2.75, 3.05) is 0 Å². The summed E-state index contributed by atoms with van der Waals surface area (Å²) in [7, 11) is 0. The zero-order valence-electron chi connectivity index (χ0n) is 26.8. The molecule has 0 saturated heterocycles. The third-order valence-corrected chi connectivity index (χ3v) is 8.60. The first-order chi connectivity index (χ1) is 18.8. The second-order valence-corrected chi connectivity index (χ2v) is 12.3. The maximum absolute atomic E-state index is 2.61. The molecule has 0 atom stereocenters. The number of aryl methyl sites for hydroxylation is 2. The Balaban J connectivity index is 2.21. The van der Waals surface area contributed by atoms with Gasteiger partial charge in [0.05, 0.1) is 13.1 Å². The molecule has 0 fully saturated rings. The Bertz CT molecular complexity index is 590. The van der Waals surface area contributed by atoms with Crippen LogP contribution in [0.2, 0.25) is 0 Å². The Morgan fingerprint density at radius 3 is 1.26 bits per heavy atom. The maximum atomic E-state index is 2.61. The Morgan fingerprint density at radius 1 is 0.447 bits per heavy atom. The number of aromatic nitrogens is 2. The minimum absolute atomic E-state index is 1.22. The normalized spacial score (nSPS) is 11.6. The zero-order chi connectivity index (χ0) is 27.4. The van der Waals surface area contributed by atoms with Crippen molar-refractivity contribution in [1.29, 1.82) is 0 Å². The molecule has 0 spiro atoms. The van der Waals surface area contributed by atoms with Crippen LogP contribution in [0, 0.1) is 0 Å². The van der Waals surface area contributed by atoms with Crippen LogP contribution in [-0.4, -0.2) is 4.57 Å². The van der Waals surface area contributed by atoms with Crippen molar-refractivity contribution in [2.45, 2.75) is 214 Å². The standard InChI is InChI=1S/C36H71N2/c1-4-7-10-13-15-16-17-18-19-20-21-22-23-25-28-31-36-37(32-29-26-12-9-6-3)34-35-38(36)33-30-27-24-14-11-8-5-2/h34-35H,4-33H2,1-3H3/q+1. The van der Waals surface area contributed by atoms with Crippen molar-refractivity contribution in [1.82, 2.24) is 4.57 Å². The molecule has 0 aliphatic heterocycles. The molecule has 1 aromatic rings. The quantitative estimate of drug-likeness (QED) is 0.0689. The van der Waals surface area contributed by atoms with Gasteiger partial charge in [0.1, 0.15) is 12.4 Å². The molecule has 1 aromatic heterocycles. The van der Waals surface area contributed by atoms with Crippen molar-refractivity contribution in [3.63, 3.8) is 0 Å². The van der Waals surface area contributed by atoms with Gasteiger partial charge < -0.3 is 0 Å². The van der Waals surface area contributed by atoms with Gasteiger partial charge in [-0.15, -0.1) is 0 Å². The molecular weight excluding hydrogens is 460 g/mol. The molecule has 2 nitrogen and oxygen atoms in total. The summed E-state index contributed by atoms with van der Waals surface area (Å²) >= 11 is 0. The Morgan fingerprint density at radius 2 is 0.816 bits per heavy atom. The van der Waals surface area contributed by atoms with E-state index in [9.17, 15) is 0 Å². The maximum Gasteiger partial charge on any atom is 0.256 e. The fourth-order valence-corrected chi connectivity index (χ4v) is 5.97. The van der Waals surface area contributed by atoms with Crippen molar-refractivity contribution in [3.8, 4) is 0 Å². The molecule has 0 N–H and O–H groups in total. The number of hydrogen-bond acceptors (Lipinski definition) is 0. The second-order valence-electron chi connectivity index (χ2n) is 12.3. The van der Waals surface area contributed by atoms with Crippen molar-refractivity contribution in [2.24, 2.45) is 0 Å². The number of hydrogen-bond donors (Lipinski definition) is 0. The molecule has 0 radical (unpaired) electrons. The third-order valence-electron chi connectivity index (χ3n) is 8.60. The van der Waals surface area contributed by atoms with E-state index in [0.29, 0.717) is 0 Å². The Kier molecular flexibility index (Phi) is 25.7. The van der Waals surface area contributed by atoms with E-state index in [2.05, 4.69) is 42.3 Å². The van der Waals surface area contributed by atoms with E-state index in [0.717, 1.165) is 0 Å². The van der Waals surface area contributed by atoms with E-state index in [1.54, 1.807) is 5.82 Å². The molecule has 0 unspecified atom stereocenters. The topological polar surface area (TPSA) is 8.81 Å². The average molecular weight is 532 g/mol. The second kappa shape index (κ2) is 27.8. The van der Waals surface area contributed by atoms with Crippen LogP contribution in [0.1, 0.15) is 200 Å². The average Bonchev–Trinajstić information content (AvgIpc) is 3.31. The van der Waals surface area contributed by atoms with E-state index >= 15 is 0 Å². The van der Waals surface area contributed by atoms with Crippen LogP contribution in [0.5, 0.6) is 0 Å². The van der Waals surface area contributed by atoms with Crippen molar-refractivity contribution >= 4 is 0 Å². The molecule has 0 aliphatic rings. The Hall–Kier alpha value is -0.790. The van der Waals surface area contributed by atoms with Gasteiger partial charge in [-0.25, -0.2) is 9.13 Å². The lowest BCUT2D eigenvalue weighted by atomic mass is 10.0. The number of imidazole rings is 1. The molecule has 1 rings (SSSR count). The fraction of sp³-hybridized carbons (Fsp3) is 0.917. The van der Waals surface area contributed by atoms with Gasteiger partial charge in [-0.2, -0.15) is 0 Å². The van der Waals surface area contributed by atoms with Gasteiger partial charge >= 0.3 is 0 Å². The van der Waals surface area contributed by atoms with E-state index in [4.69, 9.17) is 0 Å². The van der Waals surface area contributed by atoms with Crippen LogP contribution in [0.3, 0.4) is 0 Å². The first-order valence-corrected chi connectivity index (χ1v) is 17.9. The monoisotopic (exact) mass is 532 g/mol. The summed E-state index contributed by atoms with van der Waals surface area (Å²) in [5.41, 5.74) is 0. The smallest absolute Gasteiger partial charge is 0.234 e. The SMILES string of the molecule is CCCCCCCCCCCCCCCCCc1n(CCCCCCCCC)cc[n+]1CCCCCCC. The summed E-state index contributed by atoms with van der Waals surface area (Å²) in [4.78, 5) is 0. The van der Waals surface area contributed by atoms with Gasteiger partial charge in [0.15, 0.2) is 0 Å². The highest BCUT2D eigenvalue weighted by molar-refractivity contribution is 4.84. The molecule has 0 aromatic carbocycles. The van der Waals surface area contributed by atoms with Gasteiger partial charge in [-0.05, 0) is 32.1 Å². The molecule has 2 heteroatoms. The van der Waals surface area contributed by atoms with E-state index in [1.165, 1.54) is 193 Å². The van der Waals surface area contributed by atoms with Crippen LogP contribution in [0.15, 0.2) is 12.4 Å². The summed E-state index contributed by atoms with van der Waals surface area (Å²) in [5, 5.41) is 0. The van der Waals surface area contributed by atoms with Gasteiger partial charge in [0, 0.05) is 6.42 Å². The van der Waals surface area contributed by atoms with Crippen LogP contribution in [0.4, 0.5) is 0 Å². The number of unbranched alkanes of at least 4 members (excludes halogenated alkanes) is 24. The van der Waals surface area contributed by atoms with Gasteiger partial charge in [-0.3, -0.25) is 0 Å². The highest BCUT2D eigenvalue weighted by Crippen LogP contribution is 2.15. The minimum atomic E-state index is 1.22. The van der Waals surface area contributed by atoms with Crippen molar-refractivity contribution in [3.05, 3.63) is 18.2 Å². The van der Waals surface area contributed by atoms with E-state index in [1.807, 2.05) is 0 Å². The number of rotatable bonds is 30. The van der Waals surface area contributed by atoms with E-state index in [-0.39, 0.29) is 0 Å². The predicted molar refractivity (Wildman–Crippen MR) is 170 cm³/mol. The summed E-state index contributed by atoms with van der Waals surface area (Å²) in [5.74, 6) is 1.61. The molecule has 0 saturated carbocycles. The molecule has 0 bridgehead atoms. The molecule has 0 aliphatic carbocycles. The molecule has 38 heavy (non-hydrogen) atoms. The molecule has 224 valence electrons. The predicted octanol–water partition coefficient (Wildman–Crippen LogP) is 11.9. The van der Waals surface area contributed by atoms with Crippen molar-refractivity contribution < 1.29 is 4.57 Å². The Labute approximate surface area is 240 Å². The van der Waals surface area contributed by atoms with Crippen LogP contribution >= 0.6 is 0 Å². The largest absolute Gasteiger partial charge is 0.256 e. The molecule has 0 amide bonds. The van der Waals surface area contributed by atoms with Crippen LogP contribution in [0.25, 0.3) is 0 Å². The zero-order valence-corrected chi connectivity index (χ0v) is 26.8. The fourth-order valence-electron chi connectivity index (χ4n) is 5.97. The lowest BCUT2D eigenvalue weighted by molar-refractivity contribution is -0.704. The first kappa shape index (κ1) is 35.2. The summed E-state index contributed by atoms with van der Waals surface area (Å²) in [6, 6.07) is 0. The minimum Gasteiger partial charge on any atom is -0.234 e.